The summed E-state index contributed by atoms with van der Waals surface area (Å²) in [6, 6.07) is 9.39. The van der Waals surface area contributed by atoms with Crippen LogP contribution in [0.4, 0.5) is 54.5 Å². The smallest absolute Gasteiger partial charge is 0.407 e. The first-order valence-corrected chi connectivity index (χ1v) is 24.8. The fourth-order valence-electron chi connectivity index (χ4n) is 8.88. The van der Waals surface area contributed by atoms with Gasteiger partial charge in [-0.1, -0.05) is 37.8 Å². The molecule has 0 unspecified atom stereocenters. The van der Waals surface area contributed by atoms with Crippen molar-refractivity contribution in [3.8, 4) is 23.0 Å². The fraction of sp³-hybridized carbons (Fsp3) is 0.509. The summed E-state index contributed by atoms with van der Waals surface area (Å²) < 4.78 is 161. The van der Waals surface area contributed by atoms with E-state index >= 15 is 8.78 Å². The minimum Gasteiger partial charge on any atom is -0.469 e. The number of aliphatic hydroxyl groups excluding tert-OH is 1. The number of esters is 1. The quantitative estimate of drug-likeness (QED) is 0.0321. The monoisotopic (exact) mass is 1130 g/mol. The number of piperazine rings is 1. The van der Waals surface area contributed by atoms with E-state index < -0.39 is 121 Å². The predicted octanol–water partition coefficient (Wildman–Crippen LogP) is 7.63. The number of alkyl halides is 8. The molecule has 0 bridgehead atoms. The molecule has 430 valence electrons. The van der Waals surface area contributed by atoms with Gasteiger partial charge in [0, 0.05) is 80.3 Å². The van der Waals surface area contributed by atoms with Crippen LogP contribution in [0, 0.1) is 46.1 Å². The van der Waals surface area contributed by atoms with E-state index in [-0.39, 0.29) is 22.2 Å². The van der Waals surface area contributed by atoms with Crippen molar-refractivity contribution in [2.24, 2.45) is 22.7 Å². The Balaban J connectivity index is 1.32. The number of rotatable bonds is 21. The molecule has 0 aliphatic carbocycles. The van der Waals surface area contributed by atoms with E-state index in [1.165, 1.54) is 12.1 Å². The van der Waals surface area contributed by atoms with Gasteiger partial charge in [0.05, 0.1) is 68.9 Å². The standard InChI is InChI=1S/C53H60F10N8O8/c1-50(2,52(58,59)60)39(23-45(74)77-5)47(75)67-70(27-38-40(54)20-34(21-41(38)55)36-25-65-71(26-36)48(56)57)28-43(73)35(22-42(72)46(66-49(76)78-6)51(3,4)53(61,62)63)19-32-10-7-31(8-11-32)9-12-33-13-14-44(64-24-33)69-17-15-68(16-18-69)37-29-79-30-37/h7-8,10-11,13-14,20-21,24-26,35,37,39,43,46,48,73H,15-19,22-23,27-30H2,1-6H3,(H,66,76)(H,67,75)/t35-,39-,43+,46-/m1/s1. The molecule has 0 spiro atoms. The summed E-state index contributed by atoms with van der Waals surface area (Å²) in [4.78, 5) is 62.3. The number of amides is 2. The molecule has 2 amide bonds. The van der Waals surface area contributed by atoms with Gasteiger partial charge in [-0.3, -0.25) is 24.7 Å². The number of ketones is 1. The maximum absolute atomic E-state index is 16.1. The lowest BCUT2D eigenvalue weighted by Gasteiger charge is -2.42. The van der Waals surface area contributed by atoms with Crippen molar-refractivity contribution >= 4 is 29.6 Å². The van der Waals surface area contributed by atoms with Crippen molar-refractivity contribution in [3.63, 3.8) is 0 Å². The Hall–Kier alpha value is -6.82. The summed E-state index contributed by atoms with van der Waals surface area (Å²) in [6.07, 6.45) is -12.9. The van der Waals surface area contributed by atoms with Crippen LogP contribution in [0.1, 0.15) is 69.3 Å². The van der Waals surface area contributed by atoms with Crippen molar-refractivity contribution in [2.75, 3.05) is 65.1 Å². The van der Waals surface area contributed by atoms with Crippen LogP contribution in [-0.4, -0.2) is 144 Å². The molecule has 0 radical (unpaired) electrons. The van der Waals surface area contributed by atoms with Crippen molar-refractivity contribution < 1.29 is 82.4 Å². The lowest BCUT2D eigenvalue weighted by molar-refractivity contribution is -0.231. The van der Waals surface area contributed by atoms with E-state index in [1.54, 1.807) is 18.3 Å². The van der Waals surface area contributed by atoms with Crippen LogP contribution in [0.3, 0.4) is 0 Å². The number of hydrazine groups is 1. The van der Waals surface area contributed by atoms with Crippen molar-refractivity contribution in [2.45, 2.75) is 90.6 Å². The Morgan fingerprint density at radius 1 is 0.823 bits per heavy atom. The number of anilines is 1. The number of aromatic nitrogens is 3. The fourth-order valence-corrected chi connectivity index (χ4v) is 8.88. The van der Waals surface area contributed by atoms with E-state index in [2.05, 4.69) is 46.6 Å². The molecule has 16 nitrogen and oxygen atoms in total. The predicted molar refractivity (Wildman–Crippen MR) is 264 cm³/mol. The number of nitrogens with zero attached hydrogens (tertiary/aromatic N) is 6. The minimum atomic E-state index is -5.16. The lowest BCUT2D eigenvalue weighted by Crippen LogP contribution is -2.57. The molecule has 79 heavy (non-hydrogen) atoms. The molecule has 2 aliphatic heterocycles. The van der Waals surface area contributed by atoms with E-state index in [9.17, 15) is 59.4 Å². The maximum Gasteiger partial charge on any atom is 0.407 e. The maximum atomic E-state index is 16.1. The number of ether oxygens (including phenoxy) is 3. The van der Waals surface area contributed by atoms with Crippen LogP contribution in [-0.2, 0) is 41.6 Å². The van der Waals surface area contributed by atoms with Gasteiger partial charge in [-0.25, -0.2) is 28.3 Å². The number of carbonyl (C=O) groups is 4. The minimum absolute atomic E-state index is 0.158. The van der Waals surface area contributed by atoms with Gasteiger partial charge in [0.2, 0.25) is 5.91 Å². The number of benzene rings is 2. The summed E-state index contributed by atoms with van der Waals surface area (Å²) in [5, 5.41) is 18.1. The van der Waals surface area contributed by atoms with Gasteiger partial charge in [-0.05, 0) is 73.7 Å². The molecule has 4 atom stereocenters. The third-order valence-electron chi connectivity index (χ3n) is 14.4. The molecule has 3 N–H and O–H groups in total. The molecular weight excluding hydrogens is 1070 g/mol. The Morgan fingerprint density at radius 3 is 1.95 bits per heavy atom. The number of hydrogen-bond donors (Lipinski definition) is 3. The molecular formula is C53H60F10N8O8. The molecule has 2 aromatic carbocycles. The number of hydrogen-bond acceptors (Lipinski definition) is 13. The first-order chi connectivity index (χ1) is 37.0. The van der Waals surface area contributed by atoms with E-state index in [4.69, 9.17) is 4.74 Å². The van der Waals surface area contributed by atoms with Gasteiger partial charge < -0.3 is 29.5 Å². The van der Waals surface area contributed by atoms with Crippen molar-refractivity contribution in [1.29, 1.82) is 0 Å². The number of carbonyl (C=O) groups excluding carboxylic acids is 4. The summed E-state index contributed by atoms with van der Waals surface area (Å²) in [5.41, 5.74) is -3.77. The normalized spacial score (nSPS) is 16.3. The topological polar surface area (TPSA) is 181 Å². The van der Waals surface area contributed by atoms with Crippen LogP contribution < -0.4 is 15.6 Å². The zero-order valence-corrected chi connectivity index (χ0v) is 43.9. The van der Waals surface area contributed by atoms with Crippen molar-refractivity contribution in [3.05, 3.63) is 101 Å². The van der Waals surface area contributed by atoms with Crippen molar-refractivity contribution in [1.82, 2.24) is 35.4 Å². The van der Waals surface area contributed by atoms with Crippen LogP contribution in [0.5, 0.6) is 0 Å². The highest BCUT2D eigenvalue weighted by molar-refractivity contribution is 5.88. The number of methoxy groups -OCH3 is 2. The van der Waals surface area contributed by atoms with Gasteiger partial charge in [-0.2, -0.15) is 40.2 Å². The third-order valence-corrected chi connectivity index (χ3v) is 14.4. The second-order valence-electron chi connectivity index (χ2n) is 20.4. The second-order valence-corrected chi connectivity index (χ2v) is 20.4. The van der Waals surface area contributed by atoms with E-state index in [0.29, 0.717) is 67.6 Å². The highest BCUT2D eigenvalue weighted by atomic mass is 19.4. The molecule has 4 aromatic rings. The Morgan fingerprint density at radius 2 is 1.43 bits per heavy atom. The molecule has 26 heteroatoms. The number of alkyl carbamates (subject to hydrolysis) is 1. The molecule has 4 heterocycles. The van der Waals surface area contributed by atoms with Crippen LogP contribution in [0.15, 0.2) is 67.1 Å². The first kappa shape index (κ1) is 61.4. The highest BCUT2D eigenvalue weighted by Gasteiger charge is 2.57. The average molecular weight is 1130 g/mol. The second kappa shape index (κ2) is 25.5. The SMILES string of the molecule is COC(=O)C[C@H](C(=O)NN(Cc1c(F)cc(-c2cnn(C(F)F)c2)cc1F)C[C@H](O)[C@@H](CC(=O)[C@@H](NC(=O)OC)C(C)(C)C(F)(F)F)Cc1ccc(C#Cc2ccc(N3CCN(C4COC4)CC3)nc2)cc1)C(C)(C)C(F)(F)F. The van der Waals surface area contributed by atoms with E-state index in [0.717, 1.165) is 71.8 Å². The number of halogens is 10. The van der Waals surface area contributed by atoms with Gasteiger partial charge in [0.15, 0.2) is 5.78 Å². The molecule has 2 saturated heterocycles. The summed E-state index contributed by atoms with van der Waals surface area (Å²) in [5.74, 6) is -3.84. The average Bonchev–Trinajstić information content (AvgIpc) is 3.99. The molecule has 6 rings (SSSR count). The first-order valence-electron chi connectivity index (χ1n) is 24.8. The highest BCUT2D eigenvalue weighted by Crippen LogP contribution is 2.46. The van der Waals surface area contributed by atoms with Gasteiger partial charge >= 0.3 is 31.0 Å². The number of nitrogens with one attached hydrogen (secondary N) is 2. The Bertz CT molecular complexity index is 2800. The molecule has 0 saturated carbocycles. The number of Topliss-reactive ketones (excluding diaryl/α,β-unsaturated/α-hetero) is 1. The largest absolute Gasteiger partial charge is 0.469 e. The van der Waals surface area contributed by atoms with Crippen LogP contribution in [0.2, 0.25) is 0 Å². The summed E-state index contributed by atoms with van der Waals surface area (Å²) in [6.45, 7) is 2.06. The number of pyridine rings is 1. The van der Waals surface area contributed by atoms with Gasteiger partial charge in [-0.15, -0.1) is 0 Å². The number of aliphatic hydroxyl groups is 1. The molecule has 2 aliphatic rings. The molecule has 2 fully saturated rings. The summed E-state index contributed by atoms with van der Waals surface area (Å²) >= 11 is 0. The Labute approximate surface area is 448 Å². The van der Waals surface area contributed by atoms with Gasteiger partial charge in [0.1, 0.15) is 23.5 Å². The molecule has 2 aromatic heterocycles. The van der Waals surface area contributed by atoms with E-state index in [1.807, 2.05) is 17.4 Å². The zero-order chi connectivity index (χ0) is 58.2. The third kappa shape index (κ3) is 15.3. The lowest BCUT2D eigenvalue weighted by atomic mass is 9.75. The Kier molecular flexibility index (Phi) is 19.8. The van der Waals surface area contributed by atoms with Crippen LogP contribution in [0.25, 0.3) is 11.1 Å². The van der Waals surface area contributed by atoms with Gasteiger partial charge in [0.25, 0.3) is 0 Å². The van der Waals surface area contributed by atoms with Crippen LogP contribution >= 0.6 is 0 Å². The summed E-state index contributed by atoms with van der Waals surface area (Å²) in [7, 11) is 1.69. The zero-order valence-electron chi connectivity index (χ0n) is 43.9.